The van der Waals surface area contributed by atoms with Gasteiger partial charge in [-0.1, -0.05) is 36.2 Å². The van der Waals surface area contributed by atoms with E-state index in [1.165, 1.54) is 23.0 Å². The minimum absolute atomic E-state index is 0.0167. The maximum Gasteiger partial charge on any atom is 0.455 e. The van der Waals surface area contributed by atoms with Crippen LogP contribution in [0.3, 0.4) is 0 Å². The monoisotopic (exact) mass is 657 g/mol. The number of halogens is 5. The molecule has 11 nitrogen and oxygen atoms in total. The molecule has 0 bridgehead atoms. The Hall–Kier alpha value is -4.69. The number of aryl methyl sites for hydroxylation is 2. The number of Topliss-reactive ketones (excluding diaryl/α,β-unsaturated/α-hetero) is 1. The molecule has 4 heterocycles. The highest BCUT2D eigenvalue weighted by Gasteiger charge is 2.37. The lowest BCUT2D eigenvalue weighted by molar-refractivity contribution is -0.145. The van der Waals surface area contributed by atoms with Crippen LogP contribution in [0, 0.1) is 6.92 Å². The van der Waals surface area contributed by atoms with Gasteiger partial charge in [-0.25, -0.2) is 9.67 Å². The Balaban J connectivity index is 1.46. The average molecular weight is 658 g/mol. The third-order valence-electron chi connectivity index (χ3n) is 6.67. The first-order valence-electron chi connectivity index (χ1n) is 13.5. The van der Waals surface area contributed by atoms with Crippen LogP contribution in [0.15, 0.2) is 54.7 Å². The van der Waals surface area contributed by atoms with E-state index in [4.69, 9.17) is 23.2 Å². The maximum atomic E-state index is 13.9. The van der Waals surface area contributed by atoms with Gasteiger partial charge < -0.3 is 5.32 Å². The van der Waals surface area contributed by atoms with Crippen molar-refractivity contribution in [2.24, 2.45) is 0 Å². The second-order valence-electron chi connectivity index (χ2n) is 9.89. The molecule has 0 spiro atoms. The molecule has 1 amide bonds. The van der Waals surface area contributed by atoms with E-state index in [2.05, 4.69) is 35.8 Å². The zero-order chi connectivity index (χ0) is 32.3. The molecule has 5 rings (SSSR count). The van der Waals surface area contributed by atoms with Crippen molar-refractivity contribution >= 4 is 34.9 Å². The van der Waals surface area contributed by atoms with Crippen LogP contribution in [0.2, 0.25) is 10.0 Å². The molecule has 1 aromatic carbocycles. The number of carbonyl (C=O) groups is 2. The van der Waals surface area contributed by atoms with E-state index in [0.29, 0.717) is 26.6 Å². The molecule has 0 saturated heterocycles. The summed E-state index contributed by atoms with van der Waals surface area (Å²) in [4.78, 5) is 36.7. The number of nitrogens with one attached hydrogen (secondary N) is 1. The molecule has 232 valence electrons. The predicted molar refractivity (Wildman–Crippen MR) is 157 cm³/mol. The van der Waals surface area contributed by atoms with E-state index in [-0.39, 0.29) is 47.3 Å². The molecule has 0 aliphatic carbocycles. The van der Waals surface area contributed by atoms with Gasteiger partial charge in [-0.05, 0) is 72.1 Å². The Bertz CT molecular complexity index is 1890. The van der Waals surface area contributed by atoms with Crippen LogP contribution in [0.1, 0.15) is 61.8 Å². The summed E-state index contributed by atoms with van der Waals surface area (Å²) in [7, 11) is 0. The zero-order valence-corrected chi connectivity index (χ0v) is 25.3. The number of alkyl halides is 3. The Kier molecular flexibility index (Phi) is 9.25. The Labute approximate surface area is 264 Å². The van der Waals surface area contributed by atoms with Crippen LogP contribution in [0.5, 0.6) is 0 Å². The highest BCUT2D eigenvalue weighted by Crippen LogP contribution is 2.27. The first kappa shape index (κ1) is 31.7. The molecule has 0 atom stereocenters. The molecule has 0 unspecified atom stereocenters. The van der Waals surface area contributed by atoms with Crippen LogP contribution in [-0.4, -0.2) is 51.6 Å². The SMILES string of the molecule is CCc1cccc(CNC(=O)c2cc(Cl)cc(C)c2CC(=O)c2cc(Cn3nnc(C(F)(F)F)n3)nn2-c2ncccc2Cl)n1. The summed E-state index contributed by atoms with van der Waals surface area (Å²) in [6.45, 7) is 3.53. The van der Waals surface area contributed by atoms with Gasteiger partial charge in [-0.15, -0.1) is 10.2 Å². The fourth-order valence-corrected chi connectivity index (χ4v) is 5.00. The lowest BCUT2D eigenvalue weighted by atomic mass is 9.95. The molecule has 0 fully saturated rings. The van der Waals surface area contributed by atoms with E-state index in [9.17, 15) is 22.8 Å². The number of benzene rings is 1. The van der Waals surface area contributed by atoms with Crippen LogP contribution in [-0.2, 0) is 32.1 Å². The highest BCUT2D eigenvalue weighted by molar-refractivity contribution is 6.32. The van der Waals surface area contributed by atoms with Crippen molar-refractivity contribution in [1.82, 2.24) is 45.3 Å². The van der Waals surface area contributed by atoms with E-state index in [1.807, 2.05) is 19.1 Å². The molecular weight excluding hydrogens is 634 g/mol. The molecule has 0 saturated carbocycles. The molecular formula is C29H24Cl2F3N9O2. The first-order chi connectivity index (χ1) is 21.4. The van der Waals surface area contributed by atoms with Gasteiger partial charge in [0.25, 0.3) is 11.7 Å². The number of tetrazole rings is 1. The summed E-state index contributed by atoms with van der Waals surface area (Å²) >= 11 is 12.7. The number of ketones is 1. The number of carbonyl (C=O) groups excluding carboxylic acids is 2. The van der Waals surface area contributed by atoms with E-state index in [1.54, 1.807) is 31.2 Å². The van der Waals surface area contributed by atoms with E-state index in [0.717, 1.165) is 12.1 Å². The van der Waals surface area contributed by atoms with Gasteiger partial charge in [-0.2, -0.15) is 23.1 Å². The topological polar surface area (TPSA) is 133 Å². The van der Waals surface area contributed by atoms with Crippen molar-refractivity contribution in [1.29, 1.82) is 0 Å². The number of nitrogens with zero attached hydrogens (tertiary/aromatic N) is 8. The van der Waals surface area contributed by atoms with Crippen molar-refractivity contribution in [3.63, 3.8) is 0 Å². The summed E-state index contributed by atoms with van der Waals surface area (Å²) in [6, 6.07) is 13.2. The maximum absolute atomic E-state index is 13.9. The van der Waals surface area contributed by atoms with Gasteiger partial charge >= 0.3 is 6.18 Å². The highest BCUT2D eigenvalue weighted by atomic mass is 35.5. The molecule has 0 aliphatic heterocycles. The number of amides is 1. The number of pyridine rings is 2. The second kappa shape index (κ2) is 13.1. The minimum Gasteiger partial charge on any atom is -0.346 e. The first-order valence-corrected chi connectivity index (χ1v) is 14.3. The molecule has 0 aliphatic rings. The Morgan fingerprint density at radius 3 is 2.49 bits per heavy atom. The lowest BCUT2D eigenvalue weighted by Gasteiger charge is -2.14. The smallest absolute Gasteiger partial charge is 0.346 e. The standard InChI is InChI=1S/C29H24Cl2F3N9O2/c1-3-18-6-4-7-19(37-18)14-36-27(45)22-11-17(30)10-16(2)21(22)13-25(44)24-12-20(15-42-40-28(38-41-42)29(32,33)34)39-43(24)26-23(31)8-5-9-35-26/h4-12H,3,13-15H2,1-2H3,(H,36,45). The van der Waals surface area contributed by atoms with E-state index < -0.39 is 23.7 Å². The van der Waals surface area contributed by atoms with Crippen molar-refractivity contribution in [3.05, 3.63) is 110 Å². The third-order valence-corrected chi connectivity index (χ3v) is 7.18. The van der Waals surface area contributed by atoms with Gasteiger partial charge in [0.05, 0.1) is 23.0 Å². The van der Waals surface area contributed by atoms with Crippen molar-refractivity contribution < 1.29 is 22.8 Å². The molecule has 5 aromatic rings. The number of hydrogen-bond acceptors (Lipinski definition) is 8. The zero-order valence-electron chi connectivity index (χ0n) is 23.8. The van der Waals surface area contributed by atoms with Crippen LogP contribution >= 0.6 is 23.2 Å². The van der Waals surface area contributed by atoms with Gasteiger partial charge in [0.15, 0.2) is 11.6 Å². The van der Waals surface area contributed by atoms with Crippen LogP contribution < -0.4 is 5.32 Å². The minimum atomic E-state index is -4.78. The molecule has 4 aromatic heterocycles. The summed E-state index contributed by atoms with van der Waals surface area (Å²) in [5, 5.41) is 17.5. The summed E-state index contributed by atoms with van der Waals surface area (Å²) in [5.41, 5.74) is 2.94. The molecule has 1 N–H and O–H groups in total. The van der Waals surface area contributed by atoms with Crippen LogP contribution in [0.25, 0.3) is 5.82 Å². The average Bonchev–Trinajstić information content (AvgIpc) is 3.65. The van der Waals surface area contributed by atoms with Gasteiger partial charge in [0.1, 0.15) is 12.2 Å². The summed E-state index contributed by atoms with van der Waals surface area (Å²) in [5.74, 6) is -2.23. The summed E-state index contributed by atoms with van der Waals surface area (Å²) in [6.07, 6.45) is -2.84. The quantitative estimate of drug-likeness (QED) is 0.201. The largest absolute Gasteiger partial charge is 0.455 e. The fourth-order valence-electron chi connectivity index (χ4n) is 4.52. The molecule has 0 radical (unpaired) electrons. The number of rotatable bonds is 10. The van der Waals surface area contributed by atoms with Crippen molar-refractivity contribution in [2.45, 2.75) is 46.0 Å². The van der Waals surface area contributed by atoms with Gasteiger partial charge in [0, 0.05) is 28.9 Å². The van der Waals surface area contributed by atoms with E-state index >= 15 is 0 Å². The Morgan fingerprint density at radius 2 is 1.78 bits per heavy atom. The third kappa shape index (κ3) is 7.35. The lowest BCUT2D eigenvalue weighted by Crippen LogP contribution is -2.26. The number of hydrogen-bond donors (Lipinski definition) is 1. The summed E-state index contributed by atoms with van der Waals surface area (Å²) < 4.78 is 40.2. The molecule has 16 heteroatoms. The van der Waals surface area contributed by atoms with Gasteiger partial charge in [-0.3, -0.25) is 14.6 Å². The second-order valence-corrected chi connectivity index (χ2v) is 10.7. The fraction of sp³-hybridized carbons (Fsp3) is 0.241. The Morgan fingerprint density at radius 1 is 1.00 bits per heavy atom. The van der Waals surface area contributed by atoms with Crippen molar-refractivity contribution in [3.8, 4) is 5.82 Å². The van der Waals surface area contributed by atoms with Crippen molar-refractivity contribution in [2.75, 3.05) is 0 Å². The normalized spacial score (nSPS) is 11.5. The van der Waals surface area contributed by atoms with Crippen LogP contribution in [0.4, 0.5) is 13.2 Å². The molecule has 45 heavy (non-hydrogen) atoms. The van der Waals surface area contributed by atoms with Gasteiger partial charge in [0.2, 0.25) is 0 Å². The number of aromatic nitrogens is 8. The predicted octanol–water partition coefficient (Wildman–Crippen LogP) is 5.25.